The third-order valence-corrected chi connectivity index (χ3v) is 6.95. The number of aromatic nitrogens is 1. The van der Waals surface area contributed by atoms with Gasteiger partial charge in [0.15, 0.2) is 6.61 Å². The molecule has 0 spiro atoms. The summed E-state index contributed by atoms with van der Waals surface area (Å²) in [6.45, 7) is 6.74. The molecule has 8 nitrogen and oxygen atoms in total. The number of halogens is 1. The zero-order valence-corrected chi connectivity index (χ0v) is 22.4. The van der Waals surface area contributed by atoms with Crippen molar-refractivity contribution in [2.75, 3.05) is 25.1 Å². The van der Waals surface area contributed by atoms with E-state index in [2.05, 4.69) is 40.7 Å². The molecule has 1 atom stereocenters. The Morgan fingerprint density at radius 2 is 1.87 bits per heavy atom. The lowest BCUT2D eigenvalue weighted by Crippen LogP contribution is -2.45. The maximum Gasteiger partial charge on any atom is 0.261 e. The number of hydrogen-bond acceptors (Lipinski definition) is 5. The molecule has 1 aliphatic heterocycles. The van der Waals surface area contributed by atoms with E-state index < -0.39 is 6.04 Å². The highest BCUT2D eigenvalue weighted by Crippen LogP contribution is 2.31. The molecule has 1 saturated heterocycles. The number of aryl methyl sites for hydroxylation is 1. The summed E-state index contributed by atoms with van der Waals surface area (Å²) in [5.41, 5.74) is 3.50. The predicted octanol–water partition coefficient (Wildman–Crippen LogP) is 5.64. The number of amides is 2. The second-order valence-electron chi connectivity index (χ2n) is 9.21. The van der Waals surface area contributed by atoms with Crippen molar-refractivity contribution in [1.82, 2.24) is 9.47 Å². The molecule has 4 aromatic rings. The Labute approximate surface area is 231 Å². The minimum absolute atomic E-state index is 0.168. The van der Waals surface area contributed by atoms with Gasteiger partial charge in [0.05, 0.1) is 12.3 Å². The number of ether oxygens (including phenoxy) is 1. The van der Waals surface area contributed by atoms with Gasteiger partial charge in [0, 0.05) is 45.5 Å². The number of nitrogens with one attached hydrogen (secondary N) is 1. The fraction of sp³-hybridized carbons (Fsp3) is 0.233. The molecule has 0 saturated carbocycles. The highest BCUT2D eigenvalue weighted by atomic mass is 35.5. The number of oxime groups is 1. The number of carbonyl (C=O) groups is 2. The molecule has 200 valence electrons. The van der Waals surface area contributed by atoms with E-state index in [0.717, 1.165) is 28.4 Å². The lowest BCUT2D eigenvalue weighted by atomic mass is 10.1. The van der Waals surface area contributed by atoms with E-state index in [-0.39, 0.29) is 38.0 Å². The molecule has 9 heteroatoms. The van der Waals surface area contributed by atoms with Crippen LogP contribution in [-0.4, -0.2) is 52.8 Å². The molecule has 0 radical (unpaired) electrons. The molecule has 2 amide bonds. The van der Waals surface area contributed by atoms with Crippen molar-refractivity contribution in [3.05, 3.63) is 84.4 Å². The summed E-state index contributed by atoms with van der Waals surface area (Å²) >= 11 is 5.93. The minimum Gasteiger partial charge on any atom is -0.484 e. The van der Waals surface area contributed by atoms with E-state index in [1.165, 1.54) is 4.90 Å². The number of rotatable bonds is 9. The van der Waals surface area contributed by atoms with Crippen LogP contribution in [0.5, 0.6) is 5.75 Å². The molecular weight excluding hydrogens is 516 g/mol. The summed E-state index contributed by atoms with van der Waals surface area (Å²) in [6, 6.07) is 20.1. The van der Waals surface area contributed by atoms with Crippen LogP contribution in [0.15, 0.2) is 84.5 Å². The molecule has 1 N–H and O–H groups in total. The van der Waals surface area contributed by atoms with Crippen LogP contribution in [0.1, 0.15) is 13.3 Å². The zero-order chi connectivity index (χ0) is 27.4. The van der Waals surface area contributed by atoms with E-state index in [0.29, 0.717) is 22.2 Å². The largest absolute Gasteiger partial charge is 0.484 e. The monoisotopic (exact) mass is 544 g/mol. The van der Waals surface area contributed by atoms with E-state index in [9.17, 15) is 9.59 Å². The van der Waals surface area contributed by atoms with Gasteiger partial charge in [-0.25, -0.2) is 0 Å². The second-order valence-corrected chi connectivity index (χ2v) is 9.65. The first kappa shape index (κ1) is 26.3. The van der Waals surface area contributed by atoms with Crippen LogP contribution in [0.3, 0.4) is 0 Å². The maximum atomic E-state index is 13.5. The van der Waals surface area contributed by atoms with Crippen LogP contribution in [-0.2, 0) is 21.0 Å². The number of carbonyl (C=O) groups excluding carboxylic acids is 2. The number of nitrogens with zero attached hydrogens (tertiary/aromatic N) is 3. The van der Waals surface area contributed by atoms with Crippen LogP contribution in [0.25, 0.3) is 21.8 Å². The molecule has 1 aromatic heterocycles. The van der Waals surface area contributed by atoms with Gasteiger partial charge in [-0.3, -0.25) is 9.59 Å². The van der Waals surface area contributed by atoms with Crippen molar-refractivity contribution in [3.63, 3.8) is 0 Å². The van der Waals surface area contributed by atoms with Crippen LogP contribution in [0.2, 0.25) is 5.02 Å². The van der Waals surface area contributed by atoms with Gasteiger partial charge in [-0.2, -0.15) is 0 Å². The molecule has 39 heavy (non-hydrogen) atoms. The summed E-state index contributed by atoms with van der Waals surface area (Å²) in [6.07, 6.45) is 1.84. The van der Waals surface area contributed by atoms with Gasteiger partial charge in [0.2, 0.25) is 5.91 Å². The Hall–Kier alpha value is -4.30. The summed E-state index contributed by atoms with van der Waals surface area (Å²) in [4.78, 5) is 33.4. The minimum atomic E-state index is -0.759. The molecule has 0 bridgehead atoms. The number of likely N-dealkylation sites (tertiary alicyclic amines) is 1. The Kier molecular flexibility index (Phi) is 7.84. The SMILES string of the molecule is C=CCON=C1C[C@@H](C(=O)Nc2ccc3c(c2)c2ccccc2n3CC)N(C(=O)COc2ccc(Cl)cc2)C1. The molecule has 0 aliphatic carbocycles. The standard InChI is InChI=1S/C30H29ClN4O4/c1-3-15-39-33-22-17-28(35(18-22)29(36)19-38-23-12-9-20(31)10-13-23)30(37)32-21-11-14-27-25(16-21)24-7-5-6-8-26(24)34(27)4-2/h3,5-14,16,28H,1,4,15,17-19H2,2H3,(H,32,37)/t28-/m0/s1. The normalized spacial score (nSPS) is 16.1. The highest BCUT2D eigenvalue weighted by Gasteiger charge is 2.38. The number of para-hydroxylation sites is 1. The number of anilines is 1. The van der Waals surface area contributed by atoms with Gasteiger partial charge < -0.3 is 24.4 Å². The third-order valence-electron chi connectivity index (χ3n) is 6.70. The van der Waals surface area contributed by atoms with E-state index in [4.69, 9.17) is 21.2 Å². The van der Waals surface area contributed by atoms with Crippen molar-refractivity contribution in [3.8, 4) is 5.75 Å². The van der Waals surface area contributed by atoms with Gasteiger partial charge in [0.25, 0.3) is 5.91 Å². The van der Waals surface area contributed by atoms with Crippen molar-refractivity contribution in [2.45, 2.75) is 25.9 Å². The molecular formula is C30H29ClN4O4. The van der Waals surface area contributed by atoms with Gasteiger partial charge in [-0.05, 0) is 55.5 Å². The van der Waals surface area contributed by atoms with Crippen LogP contribution in [0, 0.1) is 0 Å². The number of benzene rings is 3. The van der Waals surface area contributed by atoms with Crippen LogP contribution in [0.4, 0.5) is 5.69 Å². The quantitative estimate of drug-likeness (QED) is 0.168. The zero-order valence-electron chi connectivity index (χ0n) is 21.6. The average Bonchev–Trinajstić information content (AvgIpc) is 3.52. The lowest BCUT2D eigenvalue weighted by Gasteiger charge is -2.23. The summed E-state index contributed by atoms with van der Waals surface area (Å²) in [5, 5.41) is 9.87. The smallest absolute Gasteiger partial charge is 0.261 e. The fourth-order valence-electron chi connectivity index (χ4n) is 4.90. The van der Waals surface area contributed by atoms with Gasteiger partial charge in [0.1, 0.15) is 18.4 Å². The van der Waals surface area contributed by atoms with Gasteiger partial charge in [-0.1, -0.05) is 47.6 Å². The average molecular weight is 545 g/mol. The molecule has 1 aliphatic rings. The predicted molar refractivity (Wildman–Crippen MR) is 154 cm³/mol. The first-order valence-electron chi connectivity index (χ1n) is 12.8. The number of fused-ring (bicyclic) bond motifs is 3. The summed E-state index contributed by atoms with van der Waals surface area (Å²) in [5.74, 6) is -0.126. The maximum absolute atomic E-state index is 13.5. The Balaban J connectivity index is 1.36. The van der Waals surface area contributed by atoms with Crippen molar-refractivity contribution < 1.29 is 19.2 Å². The molecule has 2 heterocycles. The Morgan fingerprint density at radius 3 is 2.64 bits per heavy atom. The molecule has 0 unspecified atom stereocenters. The van der Waals surface area contributed by atoms with E-state index in [1.54, 1.807) is 30.3 Å². The first-order chi connectivity index (χ1) is 19.0. The van der Waals surface area contributed by atoms with Crippen molar-refractivity contribution in [2.24, 2.45) is 5.16 Å². The summed E-state index contributed by atoms with van der Waals surface area (Å²) in [7, 11) is 0. The van der Waals surface area contributed by atoms with Gasteiger partial charge >= 0.3 is 0 Å². The van der Waals surface area contributed by atoms with E-state index >= 15 is 0 Å². The highest BCUT2D eigenvalue weighted by molar-refractivity contribution is 6.30. The topological polar surface area (TPSA) is 85.2 Å². The lowest BCUT2D eigenvalue weighted by molar-refractivity contribution is -0.138. The first-order valence-corrected chi connectivity index (χ1v) is 13.1. The second kappa shape index (κ2) is 11.6. The van der Waals surface area contributed by atoms with Gasteiger partial charge in [-0.15, -0.1) is 0 Å². The molecule has 3 aromatic carbocycles. The Bertz CT molecular complexity index is 1560. The fourth-order valence-corrected chi connectivity index (χ4v) is 5.03. The van der Waals surface area contributed by atoms with Crippen LogP contribution < -0.4 is 10.1 Å². The van der Waals surface area contributed by atoms with Crippen molar-refractivity contribution >= 4 is 56.6 Å². The number of hydrogen-bond donors (Lipinski definition) is 1. The molecule has 5 rings (SSSR count). The van der Waals surface area contributed by atoms with E-state index in [1.807, 2.05) is 30.3 Å². The van der Waals surface area contributed by atoms with Crippen molar-refractivity contribution in [1.29, 1.82) is 0 Å². The third kappa shape index (κ3) is 5.61. The molecule has 1 fully saturated rings. The summed E-state index contributed by atoms with van der Waals surface area (Å²) < 4.78 is 7.90. The Morgan fingerprint density at radius 1 is 1.10 bits per heavy atom. The van der Waals surface area contributed by atoms with Crippen LogP contribution >= 0.6 is 11.6 Å².